The van der Waals surface area contributed by atoms with Gasteiger partial charge in [0.25, 0.3) is 0 Å². The van der Waals surface area contributed by atoms with Crippen molar-refractivity contribution in [3.63, 3.8) is 0 Å². The molecule has 0 saturated heterocycles. The summed E-state index contributed by atoms with van der Waals surface area (Å²) in [6, 6.07) is 6.82. The summed E-state index contributed by atoms with van der Waals surface area (Å²) in [7, 11) is 1.72. The van der Waals surface area contributed by atoms with Crippen LogP contribution in [0.1, 0.15) is 43.7 Å². The molecule has 0 bridgehead atoms. The van der Waals surface area contributed by atoms with Crippen molar-refractivity contribution in [3.05, 3.63) is 29.3 Å². The molecule has 1 aromatic rings. The molecule has 0 heterocycles. The highest BCUT2D eigenvalue weighted by Gasteiger charge is 2.21. The van der Waals surface area contributed by atoms with Crippen LogP contribution in [0.3, 0.4) is 0 Å². The summed E-state index contributed by atoms with van der Waals surface area (Å²) in [4.78, 5) is 0. The van der Waals surface area contributed by atoms with Crippen molar-refractivity contribution in [2.24, 2.45) is 5.92 Å². The van der Waals surface area contributed by atoms with Crippen LogP contribution in [0.25, 0.3) is 0 Å². The van der Waals surface area contributed by atoms with Crippen molar-refractivity contribution in [2.45, 2.75) is 52.0 Å². The predicted molar refractivity (Wildman–Crippen MR) is 96.6 cm³/mol. The van der Waals surface area contributed by atoms with Crippen LogP contribution < -0.4 is 15.4 Å². The SMILES string of the molecule is COc1ccc(C)cc1CCNC(=S)N[C@@H]1CCCC[C@@H]1C. The summed E-state index contributed by atoms with van der Waals surface area (Å²) in [5.74, 6) is 1.66. The summed E-state index contributed by atoms with van der Waals surface area (Å²) in [6.45, 7) is 5.25. The van der Waals surface area contributed by atoms with Crippen molar-refractivity contribution in [3.8, 4) is 5.75 Å². The molecule has 2 N–H and O–H groups in total. The highest BCUT2D eigenvalue weighted by atomic mass is 32.1. The van der Waals surface area contributed by atoms with Crippen molar-refractivity contribution in [1.29, 1.82) is 0 Å². The maximum absolute atomic E-state index is 5.44. The fourth-order valence-corrected chi connectivity index (χ4v) is 3.42. The summed E-state index contributed by atoms with van der Waals surface area (Å²) in [5.41, 5.74) is 2.48. The van der Waals surface area contributed by atoms with E-state index < -0.39 is 0 Å². The van der Waals surface area contributed by atoms with Gasteiger partial charge in [-0.1, -0.05) is 37.5 Å². The highest BCUT2D eigenvalue weighted by molar-refractivity contribution is 7.80. The number of aryl methyl sites for hydroxylation is 1. The van der Waals surface area contributed by atoms with Gasteiger partial charge >= 0.3 is 0 Å². The monoisotopic (exact) mass is 320 g/mol. The van der Waals surface area contributed by atoms with Gasteiger partial charge in [0.1, 0.15) is 5.75 Å². The topological polar surface area (TPSA) is 33.3 Å². The molecule has 122 valence electrons. The summed E-state index contributed by atoms with van der Waals surface area (Å²) >= 11 is 5.44. The van der Waals surface area contributed by atoms with Crippen LogP contribution in [0.15, 0.2) is 18.2 Å². The van der Waals surface area contributed by atoms with Gasteiger partial charge in [0.15, 0.2) is 5.11 Å². The Hall–Kier alpha value is -1.29. The quantitative estimate of drug-likeness (QED) is 0.812. The molecule has 0 spiro atoms. The first kappa shape index (κ1) is 17.1. The molecule has 0 aromatic heterocycles. The normalized spacial score (nSPS) is 21.2. The van der Waals surface area contributed by atoms with Crippen LogP contribution in [-0.4, -0.2) is 24.8 Å². The van der Waals surface area contributed by atoms with E-state index in [0.29, 0.717) is 12.0 Å². The van der Waals surface area contributed by atoms with E-state index in [9.17, 15) is 0 Å². The molecule has 22 heavy (non-hydrogen) atoms. The molecule has 0 unspecified atom stereocenters. The average molecular weight is 321 g/mol. The van der Waals surface area contributed by atoms with Crippen LogP contribution in [0.2, 0.25) is 0 Å². The highest BCUT2D eigenvalue weighted by Crippen LogP contribution is 2.23. The number of hydrogen-bond donors (Lipinski definition) is 2. The van der Waals surface area contributed by atoms with Gasteiger partial charge < -0.3 is 15.4 Å². The Morgan fingerprint density at radius 3 is 2.82 bits per heavy atom. The van der Waals surface area contributed by atoms with E-state index in [0.717, 1.165) is 23.8 Å². The minimum absolute atomic E-state index is 0.530. The first-order chi connectivity index (χ1) is 10.6. The van der Waals surface area contributed by atoms with Gasteiger partial charge in [0.05, 0.1) is 7.11 Å². The fraction of sp³-hybridized carbons (Fsp3) is 0.611. The molecule has 2 rings (SSSR count). The molecule has 1 aliphatic rings. The van der Waals surface area contributed by atoms with E-state index >= 15 is 0 Å². The van der Waals surface area contributed by atoms with E-state index in [1.165, 1.54) is 36.8 Å². The van der Waals surface area contributed by atoms with E-state index in [1.807, 2.05) is 6.07 Å². The number of methoxy groups -OCH3 is 1. The lowest BCUT2D eigenvalue weighted by Gasteiger charge is -2.30. The van der Waals surface area contributed by atoms with Crippen molar-refractivity contribution < 1.29 is 4.74 Å². The van der Waals surface area contributed by atoms with Crippen molar-refractivity contribution in [1.82, 2.24) is 10.6 Å². The average Bonchev–Trinajstić information content (AvgIpc) is 2.50. The maximum Gasteiger partial charge on any atom is 0.166 e. The second-order valence-electron chi connectivity index (χ2n) is 6.33. The fourth-order valence-electron chi connectivity index (χ4n) is 3.16. The zero-order valence-electron chi connectivity index (χ0n) is 13.9. The lowest BCUT2D eigenvalue weighted by atomic mass is 9.86. The Balaban J connectivity index is 1.78. The van der Waals surface area contributed by atoms with Gasteiger partial charge in [-0.15, -0.1) is 0 Å². The molecule has 2 atom stereocenters. The number of hydrogen-bond acceptors (Lipinski definition) is 2. The zero-order valence-corrected chi connectivity index (χ0v) is 14.8. The van der Waals surface area contributed by atoms with Crippen LogP contribution in [0, 0.1) is 12.8 Å². The van der Waals surface area contributed by atoms with Gasteiger partial charge in [0, 0.05) is 12.6 Å². The smallest absolute Gasteiger partial charge is 0.166 e. The molecular formula is C18H28N2OS. The molecule has 1 fully saturated rings. The molecule has 0 aliphatic heterocycles. The van der Waals surface area contributed by atoms with E-state index in [-0.39, 0.29) is 0 Å². The van der Waals surface area contributed by atoms with Crippen molar-refractivity contribution >= 4 is 17.3 Å². The Kier molecular flexibility index (Phi) is 6.49. The van der Waals surface area contributed by atoms with Gasteiger partial charge in [-0.3, -0.25) is 0 Å². The second-order valence-corrected chi connectivity index (χ2v) is 6.74. The molecule has 1 aliphatic carbocycles. The van der Waals surface area contributed by atoms with E-state index in [2.05, 4.69) is 36.6 Å². The second kappa shape index (κ2) is 8.37. The third kappa shape index (κ3) is 4.87. The minimum Gasteiger partial charge on any atom is -0.496 e. The Morgan fingerprint density at radius 1 is 1.32 bits per heavy atom. The number of rotatable bonds is 5. The number of thiocarbonyl (C=S) groups is 1. The summed E-state index contributed by atoms with van der Waals surface area (Å²) in [6.07, 6.45) is 6.11. The Morgan fingerprint density at radius 2 is 2.09 bits per heavy atom. The standard InChI is InChI=1S/C18H28N2OS/c1-13-8-9-17(21-3)15(12-13)10-11-19-18(22)20-16-7-5-4-6-14(16)2/h8-9,12,14,16H,4-7,10-11H2,1-3H3,(H2,19,20,22)/t14-,16+/m0/s1. The molecule has 3 nitrogen and oxygen atoms in total. The summed E-state index contributed by atoms with van der Waals surface area (Å²) < 4.78 is 5.42. The molecule has 0 radical (unpaired) electrons. The number of nitrogens with one attached hydrogen (secondary N) is 2. The van der Waals surface area contributed by atoms with Crippen LogP contribution >= 0.6 is 12.2 Å². The molecule has 0 amide bonds. The molecular weight excluding hydrogens is 292 g/mol. The number of ether oxygens (including phenoxy) is 1. The van der Waals surface area contributed by atoms with E-state index in [4.69, 9.17) is 17.0 Å². The maximum atomic E-state index is 5.44. The lowest BCUT2D eigenvalue weighted by molar-refractivity contribution is 0.308. The third-order valence-electron chi connectivity index (χ3n) is 4.54. The summed E-state index contributed by atoms with van der Waals surface area (Å²) in [5, 5.41) is 7.60. The third-order valence-corrected chi connectivity index (χ3v) is 4.81. The molecule has 4 heteroatoms. The van der Waals surface area contributed by atoms with Gasteiger partial charge in [-0.25, -0.2) is 0 Å². The van der Waals surface area contributed by atoms with Crippen LogP contribution in [-0.2, 0) is 6.42 Å². The number of benzene rings is 1. The van der Waals surface area contributed by atoms with Gasteiger partial charge in [0.2, 0.25) is 0 Å². The van der Waals surface area contributed by atoms with Gasteiger partial charge in [-0.2, -0.15) is 0 Å². The largest absolute Gasteiger partial charge is 0.496 e. The molecule has 1 aromatic carbocycles. The first-order valence-corrected chi connectivity index (χ1v) is 8.69. The van der Waals surface area contributed by atoms with Gasteiger partial charge in [-0.05, 0) is 56.0 Å². The minimum atomic E-state index is 0.530. The predicted octanol–water partition coefficient (Wildman–Crippen LogP) is 3.59. The zero-order chi connectivity index (χ0) is 15.9. The first-order valence-electron chi connectivity index (χ1n) is 8.28. The van der Waals surface area contributed by atoms with E-state index in [1.54, 1.807) is 7.11 Å². The lowest BCUT2D eigenvalue weighted by Crippen LogP contribution is -2.46. The molecule has 1 saturated carbocycles. The van der Waals surface area contributed by atoms with Crippen LogP contribution in [0.4, 0.5) is 0 Å². The Labute approximate surface area is 139 Å². The van der Waals surface area contributed by atoms with Crippen molar-refractivity contribution in [2.75, 3.05) is 13.7 Å². The van der Waals surface area contributed by atoms with Crippen LogP contribution in [0.5, 0.6) is 5.75 Å². The Bertz CT molecular complexity index is 504.